The van der Waals surface area contributed by atoms with Crippen molar-refractivity contribution in [1.29, 1.82) is 0 Å². The van der Waals surface area contributed by atoms with E-state index in [9.17, 15) is 14.3 Å². The molecule has 4 nitrogen and oxygen atoms in total. The molecule has 0 aromatic heterocycles. The maximum absolute atomic E-state index is 13.2. The van der Waals surface area contributed by atoms with E-state index in [-0.39, 0.29) is 11.7 Å². The summed E-state index contributed by atoms with van der Waals surface area (Å²) < 4.78 is 17.8. The van der Waals surface area contributed by atoms with Crippen molar-refractivity contribution in [3.8, 4) is 0 Å². The van der Waals surface area contributed by atoms with Crippen LogP contribution < -0.4 is 0 Å². The lowest BCUT2D eigenvalue weighted by Gasteiger charge is -2.33. The number of hydrogen-bond acceptors (Lipinski definition) is 4. The molecule has 1 N–H and O–H groups in total. The van der Waals surface area contributed by atoms with Gasteiger partial charge in [0.05, 0.1) is 7.11 Å². The molecule has 116 valence electrons. The van der Waals surface area contributed by atoms with Crippen LogP contribution in [0.4, 0.5) is 4.39 Å². The maximum atomic E-state index is 13.2. The molecule has 1 saturated heterocycles. The van der Waals surface area contributed by atoms with Gasteiger partial charge in [-0.2, -0.15) is 0 Å². The van der Waals surface area contributed by atoms with Crippen LogP contribution in [0.5, 0.6) is 0 Å². The number of aliphatic hydroxyl groups is 1. The summed E-state index contributed by atoms with van der Waals surface area (Å²) in [6.07, 6.45) is 0.498. The van der Waals surface area contributed by atoms with Gasteiger partial charge in [0.1, 0.15) is 5.82 Å². The van der Waals surface area contributed by atoms with Gasteiger partial charge in [0.2, 0.25) is 0 Å². The van der Waals surface area contributed by atoms with Crippen molar-refractivity contribution in [2.45, 2.75) is 32.4 Å². The Hall–Kier alpha value is -1.46. The van der Waals surface area contributed by atoms with Crippen LogP contribution >= 0.6 is 0 Å². The zero-order valence-corrected chi connectivity index (χ0v) is 12.5. The van der Waals surface area contributed by atoms with Gasteiger partial charge in [0.15, 0.2) is 6.10 Å². The molecule has 1 fully saturated rings. The monoisotopic (exact) mass is 295 g/mol. The Kier molecular flexibility index (Phi) is 5.31. The summed E-state index contributed by atoms with van der Waals surface area (Å²) in [5, 5.41) is 9.85. The Balaban J connectivity index is 1.86. The van der Waals surface area contributed by atoms with Crippen molar-refractivity contribution in [2.75, 3.05) is 20.2 Å². The first-order chi connectivity index (χ1) is 10.0. The summed E-state index contributed by atoms with van der Waals surface area (Å²) in [6, 6.07) is 5.17. The third-order valence-corrected chi connectivity index (χ3v) is 4.15. The number of rotatable bonds is 4. The molecule has 21 heavy (non-hydrogen) atoms. The summed E-state index contributed by atoms with van der Waals surface area (Å²) in [5.74, 6) is -0.773. The number of piperidine rings is 1. The van der Waals surface area contributed by atoms with Gasteiger partial charge in [-0.05, 0) is 56.0 Å². The number of carbonyl (C=O) groups is 1. The summed E-state index contributed by atoms with van der Waals surface area (Å²) in [6.45, 7) is 4.16. The number of likely N-dealkylation sites (tertiary alicyclic amines) is 1. The van der Waals surface area contributed by atoms with E-state index in [0.717, 1.165) is 38.0 Å². The fraction of sp³-hybridized carbons (Fsp3) is 0.562. The number of nitrogens with zero attached hydrogens (tertiary/aromatic N) is 1. The lowest BCUT2D eigenvalue weighted by atomic mass is 9.91. The van der Waals surface area contributed by atoms with Crippen molar-refractivity contribution < 1.29 is 19.0 Å². The molecule has 0 amide bonds. The molecule has 0 aliphatic carbocycles. The largest absolute Gasteiger partial charge is 0.467 e. The number of ether oxygens (including phenoxy) is 1. The van der Waals surface area contributed by atoms with E-state index in [1.807, 2.05) is 6.07 Å². The van der Waals surface area contributed by atoms with E-state index < -0.39 is 12.1 Å². The van der Waals surface area contributed by atoms with Gasteiger partial charge in [-0.15, -0.1) is 0 Å². The first-order valence-corrected chi connectivity index (χ1v) is 7.24. The second-order valence-corrected chi connectivity index (χ2v) is 5.67. The summed E-state index contributed by atoms with van der Waals surface area (Å²) in [4.78, 5) is 13.6. The molecule has 5 heteroatoms. The number of hydrogen-bond donors (Lipinski definition) is 1. The molecule has 0 bridgehead atoms. The molecule has 0 saturated carbocycles. The third kappa shape index (κ3) is 4.02. The predicted octanol–water partition coefficient (Wildman–Crippen LogP) is 1.88. The Morgan fingerprint density at radius 1 is 1.48 bits per heavy atom. The summed E-state index contributed by atoms with van der Waals surface area (Å²) in [5.41, 5.74) is 1.74. The van der Waals surface area contributed by atoms with E-state index in [2.05, 4.69) is 9.64 Å². The number of methoxy groups -OCH3 is 1. The number of aliphatic hydroxyl groups excluding tert-OH is 1. The zero-order chi connectivity index (χ0) is 15.4. The molecule has 1 atom stereocenters. The van der Waals surface area contributed by atoms with Crippen molar-refractivity contribution in [2.24, 2.45) is 5.92 Å². The van der Waals surface area contributed by atoms with Crippen LogP contribution in [0.1, 0.15) is 24.0 Å². The van der Waals surface area contributed by atoms with Crippen LogP contribution in [0.2, 0.25) is 0 Å². The van der Waals surface area contributed by atoms with Crippen molar-refractivity contribution >= 4 is 5.97 Å². The Bertz CT molecular complexity index is 498. The highest BCUT2D eigenvalue weighted by Gasteiger charge is 2.30. The highest BCUT2D eigenvalue weighted by molar-refractivity contribution is 5.74. The topological polar surface area (TPSA) is 49.8 Å². The maximum Gasteiger partial charge on any atom is 0.334 e. The molecule has 2 rings (SSSR count). The average molecular weight is 295 g/mol. The molecular formula is C16H22FNO3. The van der Waals surface area contributed by atoms with Crippen LogP contribution in [-0.4, -0.2) is 42.3 Å². The number of benzene rings is 1. The smallest absolute Gasteiger partial charge is 0.334 e. The number of aryl methyl sites for hydroxylation is 1. The second kappa shape index (κ2) is 7.00. The predicted molar refractivity (Wildman–Crippen MR) is 77.2 cm³/mol. The van der Waals surface area contributed by atoms with Gasteiger partial charge in [0, 0.05) is 6.54 Å². The Morgan fingerprint density at radius 3 is 2.71 bits per heavy atom. The molecule has 1 aliphatic rings. The third-order valence-electron chi connectivity index (χ3n) is 4.15. The van der Waals surface area contributed by atoms with Gasteiger partial charge < -0.3 is 9.84 Å². The van der Waals surface area contributed by atoms with E-state index in [1.54, 1.807) is 13.0 Å². The van der Waals surface area contributed by atoms with E-state index >= 15 is 0 Å². The fourth-order valence-electron chi connectivity index (χ4n) is 2.80. The van der Waals surface area contributed by atoms with Gasteiger partial charge in [0.25, 0.3) is 0 Å². The Labute approximate surface area is 124 Å². The minimum Gasteiger partial charge on any atom is -0.467 e. The molecular weight excluding hydrogens is 273 g/mol. The normalized spacial score (nSPS) is 18.5. The van der Waals surface area contributed by atoms with Crippen molar-refractivity contribution in [3.05, 3.63) is 35.1 Å². The van der Waals surface area contributed by atoms with E-state index in [4.69, 9.17) is 0 Å². The molecule has 1 heterocycles. The fourth-order valence-corrected chi connectivity index (χ4v) is 2.80. The van der Waals surface area contributed by atoms with Gasteiger partial charge in [-0.3, -0.25) is 4.90 Å². The van der Waals surface area contributed by atoms with Crippen molar-refractivity contribution in [1.82, 2.24) is 4.90 Å². The number of halogens is 1. The van der Waals surface area contributed by atoms with Crippen LogP contribution in [0.15, 0.2) is 18.2 Å². The molecule has 0 spiro atoms. The van der Waals surface area contributed by atoms with Crippen LogP contribution in [0.3, 0.4) is 0 Å². The van der Waals surface area contributed by atoms with Gasteiger partial charge in [-0.1, -0.05) is 12.1 Å². The lowest BCUT2D eigenvalue weighted by Crippen LogP contribution is -2.40. The van der Waals surface area contributed by atoms with Gasteiger partial charge >= 0.3 is 5.97 Å². The molecule has 1 unspecified atom stereocenters. The first kappa shape index (κ1) is 15.9. The standard InChI is InChI=1S/C16H22FNO3/c1-11-9-12(3-4-14(11)17)10-18-7-5-13(6-8-18)15(19)16(20)21-2/h3-4,9,13,15,19H,5-8,10H2,1-2H3. The van der Waals surface area contributed by atoms with Gasteiger partial charge in [-0.25, -0.2) is 9.18 Å². The van der Waals surface area contributed by atoms with Crippen LogP contribution in [0.25, 0.3) is 0 Å². The quantitative estimate of drug-likeness (QED) is 0.862. The minimum absolute atomic E-state index is 0.0383. The second-order valence-electron chi connectivity index (χ2n) is 5.67. The number of esters is 1. The van der Waals surface area contributed by atoms with E-state index in [1.165, 1.54) is 13.2 Å². The van der Waals surface area contributed by atoms with Crippen LogP contribution in [0, 0.1) is 18.7 Å². The molecule has 1 aromatic rings. The lowest BCUT2D eigenvalue weighted by molar-refractivity contribution is -0.154. The molecule has 1 aromatic carbocycles. The highest BCUT2D eigenvalue weighted by Crippen LogP contribution is 2.23. The Morgan fingerprint density at radius 2 is 2.14 bits per heavy atom. The van der Waals surface area contributed by atoms with E-state index in [0.29, 0.717) is 5.56 Å². The minimum atomic E-state index is -1.02. The number of carbonyl (C=O) groups excluding carboxylic acids is 1. The first-order valence-electron chi connectivity index (χ1n) is 7.24. The molecule has 1 aliphatic heterocycles. The SMILES string of the molecule is COC(=O)C(O)C1CCN(Cc2ccc(F)c(C)c2)CC1. The van der Waals surface area contributed by atoms with Crippen LogP contribution in [-0.2, 0) is 16.1 Å². The highest BCUT2D eigenvalue weighted by atomic mass is 19.1. The van der Waals surface area contributed by atoms with Crippen molar-refractivity contribution in [3.63, 3.8) is 0 Å². The molecule has 0 radical (unpaired) electrons. The summed E-state index contributed by atoms with van der Waals surface area (Å²) >= 11 is 0. The zero-order valence-electron chi connectivity index (χ0n) is 12.5. The average Bonchev–Trinajstić information content (AvgIpc) is 2.50. The summed E-state index contributed by atoms with van der Waals surface area (Å²) in [7, 11) is 1.29.